The highest BCUT2D eigenvalue weighted by Gasteiger charge is 2.10. The molecule has 0 radical (unpaired) electrons. The summed E-state index contributed by atoms with van der Waals surface area (Å²) in [6.45, 7) is 3.77. The average molecular weight is 264 g/mol. The van der Waals surface area contributed by atoms with Crippen LogP contribution in [-0.4, -0.2) is 10.9 Å². The molecule has 0 atom stereocenters. The van der Waals surface area contributed by atoms with E-state index in [2.05, 4.69) is 28.5 Å². The zero-order chi connectivity index (χ0) is 14.1. The lowest BCUT2D eigenvalue weighted by molar-refractivity contribution is -0.118. The van der Waals surface area contributed by atoms with Crippen LogP contribution in [0.3, 0.4) is 0 Å². The molecule has 1 aromatic heterocycles. The highest BCUT2D eigenvalue weighted by molar-refractivity contribution is 6.11. The molecule has 2 aromatic carbocycles. The second-order valence-corrected chi connectivity index (χ2v) is 5.19. The summed E-state index contributed by atoms with van der Waals surface area (Å²) in [7, 11) is 0. The number of hydrogen-bond acceptors (Lipinski definition) is 2. The molecule has 0 aliphatic rings. The summed E-state index contributed by atoms with van der Waals surface area (Å²) < 4.78 is 0. The molecule has 100 valence electrons. The Kier molecular flexibility index (Phi) is 3.11. The average Bonchev–Trinajstić information content (AvgIpc) is 2.47. The van der Waals surface area contributed by atoms with Gasteiger partial charge in [0.2, 0.25) is 5.91 Å². The fourth-order valence-corrected chi connectivity index (χ4v) is 2.27. The summed E-state index contributed by atoms with van der Waals surface area (Å²) >= 11 is 0. The van der Waals surface area contributed by atoms with Crippen LogP contribution in [-0.2, 0) is 4.79 Å². The van der Waals surface area contributed by atoms with Crippen molar-refractivity contribution < 1.29 is 4.79 Å². The zero-order valence-electron chi connectivity index (χ0n) is 11.6. The fraction of sp³-hybridized carbons (Fsp3) is 0.176. The van der Waals surface area contributed by atoms with Crippen LogP contribution < -0.4 is 5.32 Å². The van der Waals surface area contributed by atoms with Gasteiger partial charge in [0.15, 0.2) is 0 Å². The molecule has 3 rings (SSSR count). The number of nitrogens with zero attached hydrogens (tertiary/aromatic N) is 1. The van der Waals surface area contributed by atoms with Crippen LogP contribution in [0.5, 0.6) is 0 Å². The zero-order valence-corrected chi connectivity index (χ0v) is 11.6. The summed E-state index contributed by atoms with van der Waals surface area (Å²) in [6, 6.07) is 14.1. The Labute approximate surface area is 117 Å². The Balaban J connectivity index is 2.20. The van der Waals surface area contributed by atoms with Crippen LogP contribution in [0.4, 0.5) is 5.69 Å². The van der Waals surface area contributed by atoms with Gasteiger partial charge < -0.3 is 5.32 Å². The lowest BCUT2D eigenvalue weighted by atomic mass is 10.0. The molecule has 1 heterocycles. The minimum Gasteiger partial charge on any atom is -0.325 e. The number of pyridine rings is 1. The van der Waals surface area contributed by atoms with E-state index in [4.69, 9.17) is 0 Å². The third kappa shape index (κ3) is 2.11. The first-order chi connectivity index (χ1) is 9.66. The number of anilines is 1. The highest BCUT2D eigenvalue weighted by atomic mass is 16.1. The van der Waals surface area contributed by atoms with Gasteiger partial charge in [-0.1, -0.05) is 50.2 Å². The van der Waals surface area contributed by atoms with Crippen molar-refractivity contribution in [3.05, 3.63) is 48.7 Å². The van der Waals surface area contributed by atoms with E-state index in [0.29, 0.717) is 0 Å². The van der Waals surface area contributed by atoms with Crippen molar-refractivity contribution in [1.82, 2.24) is 4.98 Å². The molecule has 0 aliphatic carbocycles. The molecule has 1 amide bonds. The van der Waals surface area contributed by atoms with Crippen LogP contribution in [0.15, 0.2) is 48.7 Å². The van der Waals surface area contributed by atoms with E-state index in [1.807, 2.05) is 38.1 Å². The first kappa shape index (κ1) is 12.6. The Morgan fingerprint density at radius 1 is 1.05 bits per heavy atom. The number of benzene rings is 2. The van der Waals surface area contributed by atoms with Crippen LogP contribution in [0.25, 0.3) is 21.7 Å². The maximum atomic E-state index is 11.9. The number of nitrogens with one attached hydrogen (secondary N) is 1. The summed E-state index contributed by atoms with van der Waals surface area (Å²) in [5.74, 6) is -0.0238. The van der Waals surface area contributed by atoms with Gasteiger partial charge in [-0.25, -0.2) is 0 Å². The monoisotopic (exact) mass is 264 g/mol. The topological polar surface area (TPSA) is 42.0 Å². The van der Waals surface area contributed by atoms with E-state index in [1.54, 1.807) is 6.20 Å². The first-order valence-electron chi connectivity index (χ1n) is 6.74. The van der Waals surface area contributed by atoms with Gasteiger partial charge in [-0.05, 0) is 11.5 Å². The largest absolute Gasteiger partial charge is 0.325 e. The standard InChI is InChI=1S/C17H16N2O/c1-11(2)17(20)19-15-9-10-18-16-13-6-4-3-5-12(13)7-8-14(15)16/h3-11H,1-2H3,(H,18,19,20). The number of amides is 1. The van der Waals surface area contributed by atoms with Gasteiger partial charge in [0, 0.05) is 22.9 Å². The van der Waals surface area contributed by atoms with E-state index >= 15 is 0 Å². The molecule has 0 spiro atoms. The number of carbonyl (C=O) groups is 1. The fourth-order valence-electron chi connectivity index (χ4n) is 2.27. The SMILES string of the molecule is CC(C)C(=O)Nc1ccnc2c1ccc1ccccc12. The van der Waals surface area contributed by atoms with Crippen molar-refractivity contribution in [3.8, 4) is 0 Å². The summed E-state index contributed by atoms with van der Waals surface area (Å²) in [4.78, 5) is 16.4. The van der Waals surface area contributed by atoms with Crippen LogP contribution >= 0.6 is 0 Å². The number of fused-ring (bicyclic) bond motifs is 3. The smallest absolute Gasteiger partial charge is 0.226 e. The van der Waals surface area contributed by atoms with Gasteiger partial charge >= 0.3 is 0 Å². The quantitative estimate of drug-likeness (QED) is 0.711. The predicted octanol–water partition coefficient (Wildman–Crippen LogP) is 3.98. The third-order valence-electron chi connectivity index (χ3n) is 3.42. The molecule has 0 saturated carbocycles. The molecule has 0 unspecified atom stereocenters. The Morgan fingerprint density at radius 2 is 1.85 bits per heavy atom. The molecule has 0 fully saturated rings. The minimum absolute atomic E-state index is 0.0191. The van der Waals surface area contributed by atoms with E-state index in [9.17, 15) is 4.79 Å². The maximum Gasteiger partial charge on any atom is 0.226 e. The number of aromatic nitrogens is 1. The minimum atomic E-state index is -0.0429. The van der Waals surface area contributed by atoms with Crippen molar-refractivity contribution in [2.45, 2.75) is 13.8 Å². The maximum absolute atomic E-state index is 11.9. The molecule has 3 heteroatoms. The van der Waals surface area contributed by atoms with Crippen LogP contribution in [0.2, 0.25) is 0 Å². The molecule has 3 nitrogen and oxygen atoms in total. The molecule has 20 heavy (non-hydrogen) atoms. The Hall–Kier alpha value is -2.42. The van der Waals surface area contributed by atoms with Gasteiger partial charge in [0.05, 0.1) is 11.2 Å². The van der Waals surface area contributed by atoms with Crippen molar-refractivity contribution in [1.29, 1.82) is 0 Å². The van der Waals surface area contributed by atoms with Crippen molar-refractivity contribution in [3.63, 3.8) is 0 Å². The van der Waals surface area contributed by atoms with Crippen LogP contribution in [0, 0.1) is 5.92 Å². The van der Waals surface area contributed by atoms with Gasteiger partial charge in [-0.2, -0.15) is 0 Å². The van der Waals surface area contributed by atoms with E-state index in [1.165, 1.54) is 0 Å². The molecule has 0 bridgehead atoms. The lowest BCUT2D eigenvalue weighted by Gasteiger charge is -2.11. The predicted molar refractivity (Wildman–Crippen MR) is 82.7 cm³/mol. The Morgan fingerprint density at radius 3 is 2.65 bits per heavy atom. The van der Waals surface area contributed by atoms with E-state index in [-0.39, 0.29) is 11.8 Å². The normalized spacial score (nSPS) is 11.2. The van der Waals surface area contributed by atoms with Gasteiger partial charge in [0.25, 0.3) is 0 Å². The van der Waals surface area contributed by atoms with Gasteiger partial charge in [0.1, 0.15) is 0 Å². The summed E-state index contributed by atoms with van der Waals surface area (Å²) in [6.07, 6.45) is 1.74. The number of rotatable bonds is 2. The molecular weight excluding hydrogens is 248 g/mol. The summed E-state index contributed by atoms with van der Waals surface area (Å²) in [5, 5.41) is 6.20. The second-order valence-electron chi connectivity index (χ2n) is 5.19. The van der Waals surface area contributed by atoms with Crippen molar-refractivity contribution in [2.24, 2.45) is 5.92 Å². The number of hydrogen-bond donors (Lipinski definition) is 1. The molecule has 3 aromatic rings. The Bertz CT molecular complexity index is 793. The lowest BCUT2D eigenvalue weighted by Crippen LogP contribution is -2.17. The molecule has 0 saturated heterocycles. The second kappa shape index (κ2) is 4.93. The molecular formula is C17H16N2O. The van der Waals surface area contributed by atoms with Crippen molar-refractivity contribution in [2.75, 3.05) is 5.32 Å². The van der Waals surface area contributed by atoms with Gasteiger partial charge in [-0.15, -0.1) is 0 Å². The number of carbonyl (C=O) groups excluding carboxylic acids is 1. The molecule has 0 aliphatic heterocycles. The third-order valence-corrected chi connectivity index (χ3v) is 3.42. The van der Waals surface area contributed by atoms with Crippen LogP contribution in [0.1, 0.15) is 13.8 Å². The molecule has 1 N–H and O–H groups in total. The van der Waals surface area contributed by atoms with E-state index in [0.717, 1.165) is 27.4 Å². The first-order valence-corrected chi connectivity index (χ1v) is 6.74. The van der Waals surface area contributed by atoms with Gasteiger partial charge in [-0.3, -0.25) is 9.78 Å². The highest BCUT2D eigenvalue weighted by Crippen LogP contribution is 2.28. The van der Waals surface area contributed by atoms with E-state index < -0.39 is 0 Å². The van der Waals surface area contributed by atoms with Crippen molar-refractivity contribution >= 4 is 33.3 Å². The summed E-state index contributed by atoms with van der Waals surface area (Å²) in [5.41, 5.74) is 1.74.